The number of rotatable bonds is 5. The number of aryl methyl sites for hydroxylation is 1. The highest BCUT2D eigenvalue weighted by atomic mass is 19.1. The van der Waals surface area contributed by atoms with Crippen LogP contribution in [0.3, 0.4) is 0 Å². The SMILES string of the molecule is Cn1cncc1CNCCc1ccccc1F. The van der Waals surface area contributed by atoms with Crippen LogP contribution in [0.1, 0.15) is 11.3 Å². The molecule has 0 radical (unpaired) electrons. The maximum Gasteiger partial charge on any atom is 0.126 e. The third-order valence-electron chi connectivity index (χ3n) is 2.75. The van der Waals surface area contributed by atoms with Gasteiger partial charge < -0.3 is 9.88 Å². The van der Waals surface area contributed by atoms with Crippen molar-refractivity contribution >= 4 is 0 Å². The molecular weight excluding hydrogens is 217 g/mol. The van der Waals surface area contributed by atoms with Crippen LogP contribution in [0.2, 0.25) is 0 Å². The van der Waals surface area contributed by atoms with Crippen LogP contribution in [-0.4, -0.2) is 16.1 Å². The Morgan fingerprint density at radius 2 is 2.18 bits per heavy atom. The molecule has 0 spiro atoms. The van der Waals surface area contributed by atoms with Crippen molar-refractivity contribution in [1.82, 2.24) is 14.9 Å². The zero-order valence-corrected chi connectivity index (χ0v) is 9.86. The standard InChI is InChI=1S/C13H16FN3/c1-17-10-16-9-12(17)8-15-7-6-11-4-2-3-5-13(11)14/h2-5,9-10,15H,6-8H2,1H3. The lowest BCUT2D eigenvalue weighted by Crippen LogP contribution is -2.18. The summed E-state index contributed by atoms with van der Waals surface area (Å²) >= 11 is 0. The van der Waals surface area contributed by atoms with Gasteiger partial charge in [0.1, 0.15) is 5.82 Å². The van der Waals surface area contributed by atoms with Crippen molar-refractivity contribution < 1.29 is 4.39 Å². The first-order chi connectivity index (χ1) is 8.27. The van der Waals surface area contributed by atoms with Gasteiger partial charge in [-0.25, -0.2) is 9.37 Å². The smallest absolute Gasteiger partial charge is 0.126 e. The summed E-state index contributed by atoms with van der Waals surface area (Å²) in [6, 6.07) is 6.89. The van der Waals surface area contributed by atoms with Crippen molar-refractivity contribution in [2.24, 2.45) is 7.05 Å². The minimum Gasteiger partial charge on any atom is -0.337 e. The summed E-state index contributed by atoms with van der Waals surface area (Å²) < 4.78 is 15.3. The molecule has 0 aliphatic carbocycles. The third-order valence-corrected chi connectivity index (χ3v) is 2.75. The summed E-state index contributed by atoms with van der Waals surface area (Å²) in [7, 11) is 1.96. The van der Waals surface area contributed by atoms with Crippen LogP contribution < -0.4 is 5.32 Å². The molecule has 90 valence electrons. The van der Waals surface area contributed by atoms with E-state index < -0.39 is 0 Å². The molecule has 2 aromatic rings. The van der Waals surface area contributed by atoms with Crippen molar-refractivity contribution in [3.63, 3.8) is 0 Å². The van der Waals surface area contributed by atoms with Crippen LogP contribution in [0.5, 0.6) is 0 Å². The molecule has 3 nitrogen and oxygen atoms in total. The lowest BCUT2D eigenvalue weighted by molar-refractivity contribution is 0.594. The second-order valence-electron chi connectivity index (χ2n) is 4.01. The van der Waals surface area contributed by atoms with Gasteiger partial charge in [-0.1, -0.05) is 18.2 Å². The number of benzene rings is 1. The fourth-order valence-corrected chi connectivity index (χ4v) is 1.70. The molecule has 1 heterocycles. The Balaban J connectivity index is 1.77. The summed E-state index contributed by atoms with van der Waals surface area (Å²) in [4.78, 5) is 4.04. The highest BCUT2D eigenvalue weighted by molar-refractivity contribution is 5.17. The van der Waals surface area contributed by atoms with E-state index in [1.165, 1.54) is 6.07 Å². The van der Waals surface area contributed by atoms with Gasteiger partial charge in [-0.3, -0.25) is 0 Å². The summed E-state index contributed by atoms with van der Waals surface area (Å²) in [5.74, 6) is -0.130. The van der Waals surface area contributed by atoms with E-state index in [4.69, 9.17) is 0 Å². The molecular formula is C13H16FN3. The molecule has 1 aromatic heterocycles. The number of hydrogen-bond acceptors (Lipinski definition) is 2. The Morgan fingerprint density at radius 1 is 1.35 bits per heavy atom. The van der Waals surface area contributed by atoms with Crippen LogP contribution in [0.4, 0.5) is 4.39 Å². The largest absolute Gasteiger partial charge is 0.337 e. The van der Waals surface area contributed by atoms with Gasteiger partial charge in [0.15, 0.2) is 0 Å². The minimum atomic E-state index is -0.130. The monoisotopic (exact) mass is 233 g/mol. The molecule has 1 aromatic carbocycles. The molecule has 4 heteroatoms. The Kier molecular flexibility index (Phi) is 3.88. The lowest BCUT2D eigenvalue weighted by atomic mass is 10.1. The molecule has 0 amide bonds. The number of nitrogens with one attached hydrogen (secondary N) is 1. The molecule has 17 heavy (non-hydrogen) atoms. The summed E-state index contributed by atoms with van der Waals surface area (Å²) in [6.45, 7) is 1.51. The lowest BCUT2D eigenvalue weighted by Gasteiger charge is -2.06. The van der Waals surface area contributed by atoms with Crippen LogP contribution >= 0.6 is 0 Å². The Labute approximate surface area is 100 Å². The second kappa shape index (κ2) is 5.59. The topological polar surface area (TPSA) is 29.9 Å². The van der Waals surface area contributed by atoms with Gasteiger partial charge in [0.2, 0.25) is 0 Å². The zero-order valence-electron chi connectivity index (χ0n) is 9.86. The van der Waals surface area contributed by atoms with Crippen LogP contribution in [0, 0.1) is 5.82 Å². The summed E-state index contributed by atoms with van der Waals surface area (Å²) in [5.41, 5.74) is 1.88. The van der Waals surface area contributed by atoms with Crippen molar-refractivity contribution in [1.29, 1.82) is 0 Å². The molecule has 0 aliphatic rings. The first kappa shape index (κ1) is 11.8. The van der Waals surface area contributed by atoms with Crippen LogP contribution in [-0.2, 0) is 20.0 Å². The predicted octanol–water partition coefficient (Wildman–Crippen LogP) is 1.89. The van der Waals surface area contributed by atoms with Crippen molar-refractivity contribution in [3.8, 4) is 0 Å². The van der Waals surface area contributed by atoms with E-state index in [0.29, 0.717) is 6.42 Å². The van der Waals surface area contributed by atoms with Crippen LogP contribution in [0.25, 0.3) is 0 Å². The van der Waals surface area contributed by atoms with Gasteiger partial charge in [-0.05, 0) is 24.6 Å². The molecule has 0 fully saturated rings. The Bertz CT molecular complexity index is 479. The quantitative estimate of drug-likeness (QED) is 0.799. The normalized spacial score (nSPS) is 10.7. The maximum atomic E-state index is 13.3. The molecule has 0 atom stereocenters. The van der Waals surface area contributed by atoms with Gasteiger partial charge in [0.05, 0.1) is 12.0 Å². The van der Waals surface area contributed by atoms with Gasteiger partial charge in [0, 0.05) is 19.8 Å². The predicted molar refractivity (Wildman–Crippen MR) is 65.0 cm³/mol. The molecule has 0 aliphatic heterocycles. The highest BCUT2D eigenvalue weighted by Gasteiger charge is 2.01. The van der Waals surface area contributed by atoms with E-state index in [0.717, 1.165) is 24.3 Å². The molecule has 1 N–H and O–H groups in total. The van der Waals surface area contributed by atoms with E-state index in [-0.39, 0.29) is 5.82 Å². The first-order valence-electron chi connectivity index (χ1n) is 5.66. The van der Waals surface area contributed by atoms with Crippen molar-refractivity contribution in [2.75, 3.05) is 6.54 Å². The van der Waals surface area contributed by atoms with Crippen molar-refractivity contribution in [2.45, 2.75) is 13.0 Å². The number of hydrogen-bond donors (Lipinski definition) is 1. The van der Waals surface area contributed by atoms with E-state index in [2.05, 4.69) is 10.3 Å². The van der Waals surface area contributed by atoms with Crippen LogP contribution in [0.15, 0.2) is 36.8 Å². The molecule has 0 saturated carbocycles. The molecule has 0 bridgehead atoms. The van der Waals surface area contributed by atoms with Crippen molar-refractivity contribution in [3.05, 3.63) is 53.9 Å². The van der Waals surface area contributed by atoms with E-state index >= 15 is 0 Å². The van der Waals surface area contributed by atoms with Gasteiger partial charge >= 0.3 is 0 Å². The summed E-state index contributed by atoms with van der Waals surface area (Å²) in [6.07, 6.45) is 4.30. The number of halogens is 1. The molecule has 0 saturated heterocycles. The van der Waals surface area contributed by atoms with Gasteiger partial charge in [-0.15, -0.1) is 0 Å². The molecule has 2 rings (SSSR count). The fourth-order valence-electron chi connectivity index (χ4n) is 1.70. The average molecular weight is 233 g/mol. The average Bonchev–Trinajstić information content (AvgIpc) is 2.73. The van der Waals surface area contributed by atoms with E-state index in [1.807, 2.05) is 29.9 Å². The van der Waals surface area contributed by atoms with E-state index in [9.17, 15) is 4.39 Å². The zero-order chi connectivity index (χ0) is 12.1. The maximum absolute atomic E-state index is 13.3. The van der Waals surface area contributed by atoms with Gasteiger partial charge in [0.25, 0.3) is 0 Å². The third kappa shape index (κ3) is 3.14. The number of nitrogens with zero attached hydrogens (tertiary/aromatic N) is 2. The first-order valence-corrected chi connectivity index (χ1v) is 5.66. The number of imidazole rings is 1. The molecule has 0 unspecified atom stereocenters. The highest BCUT2D eigenvalue weighted by Crippen LogP contribution is 2.06. The Morgan fingerprint density at radius 3 is 2.88 bits per heavy atom. The van der Waals surface area contributed by atoms with Gasteiger partial charge in [-0.2, -0.15) is 0 Å². The fraction of sp³-hybridized carbons (Fsp3) is 0.308. The minimum absolute atomic E-state index is 0.130. The number of aromatic nitrogens is 2. The van der Waals surface area contributed by atoms with E-state index in [1.54, 1.807) is 12.4 Å². The Hall–Kier alpha value is -1.68. The second-order valence-corrected chi connectivity index (χ2v) is 4.01. The summed E-state index contributed by atoms with van der Waals surface area (Å²) in [5, 5.41) is 3.28.